The van der Waals surface area contributed by atoms with Crippen molar-refractivity contribution in [2.24, 2.45) is 0 Å². The minimum absolute atomic E-state index is 0.650. The van der Waals surface area contributed by atoms with Crippen LogP contribution in [0.15, 0.2) is 0 Å². The van der Waals surface area contributed by atoms with Crippen molar-refractivity contribution in [3.05, 3.63) is 17.0 Å². The molecule has 1 aromatic rings. The third kappa shape index (κ3) is 2.94. The van der Waals surface area contributed by atoms with Crippen LogP contribution in [-0.2, 0) is 6.54 Å². The number of aryl methyl sites for hydroxylation is 1. The smallest absolute Gasteiger partial charge is 0.0641 e. The quantitative estimate of drug-likeness (QED) is 0.809. The van der Waals surface area contributed by atoms with Crippen molar-refractivity contribution in [2.45, 2.75) is 71.9 Å². The molecule has 1 saturated carbocycles. The lowest BCUT2D eigenvalue weighted by Crippen LogP contribution is -2.17. The largest absolute Gasteiger partial charge is 0.313 e. The van der Waals surface area contributed by atoms with E-state index in [0.717, 1.165) is 13.1 Å². The van der Waals surface area contributed by atoms with E-state index in [0.29, 0.717) is 6.04 Å². The van der Waals surface area contributed by atoms with Gasteiger partial charge in [0, 0.05) is 17.8 Å². The molecule has 1 aliphatic rings. The third-order valence-electron chi connectivity index (χ3n) is 4.12. The molecule has 102 valence electrons. The van der Waals surface area contributed by atoms with Crippen LogP contribution in [0.2, 0.25) is 0 Å². The number of nitrogens with zero attached hydrogens (tertiary/aromatic N) is 2. The van der Waals surface area contributed by atoms with E-state index in [1.165, 1.54) is 55.5 Å². The Bertz CT molecular complexity index is 375. The van der Waals surface area contributed by atoms with Crippen molar-refractivity contribution in [3.63, 3.8) is 0 Å². The standard InChI is InChI=1S/C15H27N3/c1-4-10-16-11-15-12(2)17-18(13(15)3)14-8-6-5-7-9-14/h14,16H,4-11H2,1-3H3. The van der Waals surface area contributed by atoms with Gasteiger partial charge < -0.3 is 5.32 Å². The van der Waals surface area contributed by atoms with Crippen molar-refractivity contribution in [2.75, 3.05) is 6.54 Å². The van der Waals surface area contributed by atoms with Crippen molar-refractivity contribution in [3.8, 4) is 0 Å². The predicted molar refractivity (Wildman–Crippen MR) is 75.8 cm³/mol. The Morgan fingerprint density at radius 1 is 1.22 bits per heavy atom. The van der Waals surface area contributed by atoms with E-state index in [1.807, 2.05) is 0 Å². The number of hydrogen-bond donors (Lipinski definition) is 1. The first-order valence-electron chi connectivity index (χ1n) is 7.49. The summed E-state index contributed by atoms with van der Waals surface area (Å²) in [5.74, 6) is 0. The zero-order chi connectivity index (χ0) is 13.0. The number of nitrogens with one attached hydrogen (secondary N) is 1. The zero-order valence-corrected chi connectivity index (χ0v) is 12.1. The maximum absolute atomic E-state index is 4.79. The van der Waals surface area contributed by atoms with Crippen LogP contribution >= 0.6 is 0 Å². The van der Waals surface area contributed by atoms with Crippen LogP contribution in [-0.4, -0.2) is 16.3 Å². The lowest BCUT2D eigenvalue weighted by molar-refractivity contribution is 0.323. The fraction of sp³-hybridized carbons (Fsp3) is 0.800. The number of aromatic nitrogens is 2. The highest BCUT2D eigenvalue weighted by atomic mass is 15.3. The van der Waals surface area contributed by atoms with Gasteiger partial charge in [-0.25, -0.2) is 0 Å². The van der Waals surface area contributed by atoms with Crippen LogP contribution in [0.5, 0.6) is 0 Å². The molecule has 0 bridgehead atoms. The molecule has 1 aromatic heterocycles. The SMILES string of the molecule is CCCNCc1c(C)nn(C2CCCCC2)c1C. The molecule has 3 nitrogen and oxygen atoms in total. The Hall–Kier alpha value is -0.830. The highest BCUT2D eigenvalue weighted by Gasteiger charge is 2.20. The Morgan fingerprint density at radius 3 is 2.61 bits per heavy atom. The lowest BCUT2D eigenvalue weighted by atomic mass is 9.95. The van der Waals surface area contributed by atoms with Crippen LogP contribution in [0.1, 0.15) is 68.4 Å². The topological polar surface area (TPSA) is 29.9 Å². The van der Waals surface area contributed by atoms with Crippen molar-refractivity contribution >= 4 is 0 Å². The highest BCUT2D eigenvalue weighted by Crippen LogP contribution is 2.30. The molecule has 18 heavy (non-hydrogen) atoms. The normalized spacial score (nSPS) is 17.3. The minimum atomic E-state index is 0.650. The first-order chi connectivity index (χ1) is 8.74. The van der Waals surface area contributed by atoms with E-state index in [-0.39, 0.29) is 0 Å². The fourth-order valence-electron chi connectivity index (χ4n) is 3.02. The lowest BCUT2D eigenvalue weighted by Gasteiger charge is -2.23. The number of rotatable bonds is 5. The summed E-state index contributed by atoms with van der Waals surface area (Å²) in [6.45, 7) is 8.65. The molecule has 3 heteroatoms. The second-order valence-corrected chi connectivity index (χ2v) is 5.56. The summed E-state index contributed by atoms with van der Waals surface area (Å²) in [4.78, 5) is 0. The molecule has 0 amide bonds. The Morgan fingerprint density at radius 2 is 1.94 bits per heavy atom. The summed E-state index contributed by atoms with van der Waals surface area (Å²) in [5, 5.41) is 8.29. The monoisotopic (exact) mass is 249 g/mol. The average Bonchev–Trinajstić information content (AvgIpc) is 2.68. The third-order valence-corrected chi connectivity index (χ3v) is 4.12. The maximum Gasteiger partial charge on any atom is 0.0641 e. The van der Waals surface area contributed by atoms with E-state index < -0.39 is 0 Å². The van der Waals surface area contributed by atoms with Gasteiger partial charge in [0.2, 0.25) is 0 Å². The van der Waals surface area contributed by atoms with Crippen LogP contribution < -0.4 is 5.32 Å². The van der Waals surface area contributed by atoms with E-state index in [4.69, 9.17) is 5.10 Å². The molecule has 0 saturated heterocycles. The van der Waals surface area contributed by atoms with E-state index in [1.54, 1.807) is 0 Å². The summed E-state index contributed by atoms with van der Waals surface area (Å²) >= 11 is 0. The summed E-state index contributed by atoms with van der Waals surface area (Å²) in [6, 6.07) is 0.650. The average molecular weight is 249 g/mol. The van der Waals surface area contributed by atoms with Gasteiger partial charge in [0.05, 0.1) is 11.7 Å². The van der Waals surface area contributed by atoms with Gasteiger partial charge in [0.15, 0.2) is 0 Å². The van der Waals surface area contributed by atoms with Gasteiger partial charge in [-0.2, -0.15) is 5.10 Å². The molecule has 1 aliphatic carbocycles. The Kier molecular flexibility index (Phi) is 4.81. The molecule has 1 N–H and O–H groups in total. The van der Waals surface area contributed by atoms with Gasteiger partial charge in [-0.3, -0.25) is 4.68 Å². The van der Waals surface area contributed by atoms with E-state index in [2.05, 4.69) is 30.8 Å². The minimum Gasteiger partial charge on any atom is -0.313 e. The predicted octanol–water partition coefficient (Wildman–Crippen LogP) is 3.50. The number of hydrogen-bond acceptors (Lipinski definition) is 2. The summed E-state index contributed by atoms with van der Waals surface area (Å²) in [7, 11) is 0. The van der Waals surface area contributed by atoms with Crippen LogP contribution in [0, 0.1) is 13.8 Å². The van der Waals surface area contributed by atoms with E-state index in [9.17, 15) is 0 Å². The maximum atomic E-state index is 4.79. The molecular weight excluding hydrogens is 222 g/mol. The molecule has 0 unspecified atom stereocenters. The van der Waals surface area contributed by atoms with Gasteiger partial charge in [0.25, 0.3) is 0 Å². The molecule has 0 radical (unpaired) electrons. The van der Waals surface area contributed by atoms with Crippen molar-refractivity contribution < 1.29 is 0 Å². The van der Waals surface area contributed by atoms with Gasteiger partial charge in [-0.15, -0.1) is 0 Å². The van der Waals surface area contributed by atoms with Gasteiger partial charge in [-0.1, -0.05) is 26.2 Å². The second-order valence-electron chi connectivity index (χ2n) is 5.56. The molecular formula is C15H27N3. The molecule has 0 atom stereocenters. The zero-order valence-electron chi connectivity index (χ0n) is 12.1. The molecule has 0 spiro atoms. The summed E-state index contributed by atoms with van der Waals surface area (Å²) in [6.07, 6.45) is 7.95. The molecule has 0 aromatic carbocycles. The van der Waals surface area contributed by atoms with E-state index >= 15 is 0 Å². The molecule has 1 fully saturated rings. The van der Waals surface area contributed by atoms with Crippen molar-refractivity contribution in [1.29, 1.82) is 0 Å². The summed E-state index contributed by atoms with van der Waals surface area (Å²) < 4.78 is 2.30. The first kappa shape index (κ1) is 13.6. The molecule has 1 heterocycles. The molecule has 0 aliphatic heterocycles. The van der Waals surface area contributed by atoms with Gasteiger partial charge in [-0.05, 0) is 39.7 Å². The second kappa shape index (κ2) is 6.37. The highest BCUT2D eigenvalue weighted by molar-refractivity contribution is 5.24. The fourth-order valence-corrected chi connectivity index (χ4v) is 3.02. The Labute approximate surface area is 111 Å². The first-order valence-corrected chi connectivity index (χ1v) is 7.49. The van der Waals surface area contributed by atoms with Gasteiger partial charge in [0.1, 0.15) is 0 Å². The van der Waals surface area contributed by atoms with Gasteiger partial charge >= 0.3 is 0 Å². The van der Waals surface area contributed by atoms with Crippen LogP contribution in [0.25, 0.3) is 0 Å². The Balaban J connectivity index is 2.09. The molecule has 2 rings (SSSR count). The van der Waals surface area contributed by atoms with Crippen molar-refractivity contribution in [1.82, 2.24) is 15.1 Å². The van der Waals surface area contributed by atoms with Crippen LogP contribution in [0.4, 0.5) is 0 Å². The van der Waals surface area contributed by atoms with Crippen LogP contribution in [0.3, 0.4) is 0 Å². The summed E-state index contributed by atoms with van der Waals surface area (Å²) in [5.41, 5.74) is 4.00.